The lowest BCUT2D eigenvalue weighted by atomic mass is 9.65. The second-order valence-electron chi connectivity index (χ2n) is 13.0. The van der Waals surface area contributed by atoms with E-state index in [0.29, 0.717) is 11.3 Å². The molecule has 0 amide bonds. The molecule has 4 aromatic carbocycles. The maximum absolute atomic E-state index is 4.51. The van der Waals surface area contributed by atoms with Gasteiger partial charge in [0.1, 0.15) is 0 Å². The molecular formula is C43H52. The normalized spacial score (nSPS) is 15.3. The maximum atomic E-state index is 4.51. The van der Waals surface area contributed by atoms with Crippen molar-refractivity contribution in [2.45, 2.75) is 86.0 Å². The molecule has 4 aromatic rings. The molecule has 1 unspecified atom stereocenters. The number of rotatable bonds is 9. The minimum atomic E-state index is 0.448. The molecule has 0 aromatic heterocycles. The monoisotopic (exact) mass is 568 g/mol. The van der Waals surface area contributed by atoms with Gasteiger partial charge in [-0.3, -0.25) is 0 Å². The van der Waals surface area contributed by atoms with Gasteiger partial charge in [0.2, 0.25) is 0 Å². The van der Waals surface area contributed by atoms with Crippen LogP contribution in [0.3, 0.4) is 0 Å². The van der Waals surface area contributed by atoms with Crippen molar-refractivity contribution in [3.05, 3.63) is 138 Å². The number of fused-ring (bicyclic) bond motifs is 1. The number of aryl methyl sites for hydroxylation is 1. The van der Waals surface area contributed by atoms with Gasteiger partial charge >= 0.3 is 0 Å². The van der Waals surface area contributed by atoms with Crippen LogP contribution in [0.25, 0.3) is 28.0 Å². The van der Waals surface area contributed by atoms with Crippen LogP contribution in [0.2, 0.25) is 0 Å². The van der Waals surface area contributed by atoms with Gasteiger partial charge in [0.05, 0.1) is 0 Å². The summed E-state index contributed by atoms with van der Waals surface area (Å²) in [6.45, 7) is 20.1. The first-order chi connectivity index (χ1) is 20.7. The van der Waals surface area contributed by atoms with Crippen molar-refractivity contribution in [2.24, 2.45) is 11.3 Å². The molecule has 0 radical (unpaired) electrons. The molecule has 1 atom stereocenters. The highest BCUT2D eigenvalue weighted by atomic mass is 14.4. The molecule has 0 heteroatoms. The van der Waals surface area contributed by atoms with E-state index in [9.17, 15) is 0 Å². The van der Waals surface area contributed by atoms with Gasteiger partial charge in [0.25, 0.3) is 0 Å². The highest BCUT2D eigenvalue weighted by molar-refractivity contribution is 5.93. The summed E-state index contributed by atoms with van der Waals surface area (Å²) in [5.41, 5.74) is 11.0. The molecule has 1 aliphatic carbocycles. The van der Waals surface area contributed by atoms with Crippen molar-refractivity contribution in [3.8, 4) is 0 Å². The number of hydrogen-bond donors (Lipinski definition) is 0. The molecule has 0 aliphatic heterocycles. The zero-order valence-corrected chi connectivity index (χ0v) is 27.4. The Balaban J connectivity index is 0.000000269. The highest BCUT2D eigenvalue weighted by Gasteiger charge is 2.33. The molecule has 0 saturated heterocycles. The minimum Gasteiger partial charge on any atom is -0.0955 e. The van der Waals surface area contributed by atoms with Crippen molar-refractivity contribution in [1.82, 2.24) is 0 Å². The van der Waals surface area contributed by atoms with E-state index in [1.165, 1.54) is 88.3 Å². The van der Waals surface area contributed by atoms with E-state index in [4.69, 9.17) is 0 Å². The lowest BCUT2D eigenvalue weighted by Crippen LogP contribution is -2.28. The predicted molar refractivity (Wildman–Crippen MR) is 192 cm³/mol. The van der Waals surface area contributed by atoms with Crippen LogP contribution in [0.5, 0.6) is 0 Å². The molecule has 224 valence electrons. The van der Waals surface area contributed by atoms with Crippen LogP contribution in [-0.2, 0) is 12.8 Å². The zero-order chi connectivity index (χ0) is 30.8. The Morgan fingerprint density at radius 1 is 0.767 bits per heavy atom. The third kappa shape index (κ3) is 8.26. The molecule has 5 rings (SSSR count). The summed E-state index contributed by atoms with van der Waals surface area (Å²) in [5, 5.41) is 2.57. The van der Waals surface area contributed by atoms with Crippen LogP contribution in [0, 0.1) is 11.3 Å². The van der Waals surface area contributed by atoms with E-state index in [1.54, 1.807) is 0 Å². The molecule has 1 aliphatic rings. The van der Waals surface area contributed by atoms with Gasteiger partial charge in [-0.05, 0) is 95.0 Å². The largest absolute Gasteiger partial charge is 0.0955 e. The first kappa shape index (κ1) is 32.3. The lowest BCUT2D eigenvalue weighted by molar-refractivity contribution is 0.154. The zero-order valence-electron chi connectivity index (χ0n) is 27.4. The number of benzene rings is 4. The Morgan fingerprint density at radius 3 is 2.09 bits per heavy atom. The summed E-state index contributed by atoms with van der Waals surface area (Å²) in [6, 6.07) is 32.4. The van der Waals surface area contributed by atoms with Crippen LogP contribution < -0.4 is 0 Å². The van der Waals surface area contributed by atoms with E-state index in [-0.39, 0.29) is 0 Å². The molecule has 0 nitrogen and oxygen atoms in total. The summed E-state index contributed by atoms with van der Waals surface area (Å²) in [5.74, 6) is 0.615. The van der Waals surface area contributed by atoms with Gasteiger partial charge in [-0.25, -0.2) is 0 Å². The van der Waals surface area contributed by atoms with E-state index in [2.05, 4.69) is 138 Å². The van der Waals surface area contributed by atoms with E-state index in [1.807, 2.05) is 6.92 Å². The molecule has 1 fully saturated rings. The highest BCUT2D eigenvalue weighted by Crippen LogP contribution is 2.45. The average Bonchev–Trinajstić information content (AvgIpc) is 3.02. The van der Waals surface area contributed by atoms with Gasteiger partial charge in [-0.1, -0.05) is 168 Å². The fraction of sp³-hybridized carbons (Fsp3) is 0.349. The van der Waals surface area contributed by atoms with Crippen molar-refractivity contribution < 1.29 is 0 Å². The topological polar surface area (TPSA) is 0 Å². The summed E-state index contributed by atoms with van der Waals surface area (Å²) in [6.07, 6.45) is 12.6. The smallest absolute Gasteiger partial charge is 0.00228 e. The molecule has 0 spiro atoms. The van der Waals surface area contributed by atoms with Gasteiger partial charge in [-0.2, -0.15) is 0 Å². The van der Waals surface area contributed by atoms with Gasteiger partial charge in [0.15, 0.2) is 0 Å². The van der Waals surface area contributed by atoms with Crippen LogP contribution in [-0.4, -0.2) is 0 Å². The number of hydrogen-bond acceptors (Lipinski definition) is 0. The molecule has 0 heterocycles. The lowest BCUT2D eigenvalue weighted by Gasteiger charge is -2.40. The maximum Gasteiger partial charge on any atom is -0.00228 e. The Morgan fingerprint density at radius 2 is 1.37 bits per heavy atom. The molecule has 1 saturated carbocycles. The minimum absolute atomic E-state index is 0.448. The second kappa shape index (κ2) is 15.2. The summed E-state index contributed by atoms with van der Waals surface area (Å²) < 4.78 is 0. The van der Waals surface area contributed by atoms with Crippen molar-refractivity contribution in [2.75, 3.05) is 0 Å². The van der Waals surface area contributed by atoms with Crippen LogP contribution >= 0.6 is 0 Å². The van der Waals surface area contributed by atoms with Gasteiger partial charge in [-0.15, -0.1) is 0 Å². The van der Waals surface area contributed by atoms with Crippen molar-refractivity contribution in [1.29, 1.82) is 0 Å². The first-order valence-corrected chi connectivity index (χ1v) is 16.4. The fourth-order valence-electron chi connectivity index (χ4n) is 6.82. The molecule has 0 N–H and O–H groups in total. The standard InChI is InChI=1S/C30H40.C13H12/c1-6-14-26-15-8-9-16-27(26)22-24(3)29-18-11-10-17-28(29)21-23(2)25(4)30(5)19-12-7-13-20-30;1-10(2)12-9-5-7-11-6-3-4-8-13(11)12/h8-11,15-18,21,25H,3,6-7,12-14,19-20,22H2,1-2,4-5H3;3-9H,1H2,2H3/b23-21+;. The molecule has 0 bridgehead atoms. The number of allylic oxidation sites excluding steroid dienone is 3. The van der Waals surface area contributed by atoms with E-state index < -0.39 is 0 Å². The molecular weight excluding hydrogens is 516 g/mol. The van der Waals surface area contributed by atoms with Crippen molar-refractivity contribution in [3.63, 3.8) is 0 Å². The first-order valence-electron chi connectivity index (χ1n) is 16.4. The third-order valence-electron chi connectivity index (χ3n) is 9.74. The third-order valence-corrected chi connectivity index (χ3v) is 9.74. The fourth-order valence-corrected chi connectivity index (χ4v) is 6.82. The SMILES string of the molecule is C=C(C)c1cccc2ccccc12.C=C(Cc1ccccc1CCC)c1ccccc1/C=C(\C)C(C)C1(C)CCCCC1. The Labute approximate surface area is 262 Å². The average molecular weight is 569 g/mol. The quantitative estimate of drug-likeness (QED) is 0.188. The van der Waals surface area contributed by atoms with Crippen LogP contribution in [0.4, 0.5) is 0 Å². The van der Waals surface area contributed by atoms with Crippen LogP contribution in [0.1, 0.15) is 101 Å². The van der Waals surface area contributed by atoms with Crippen LogP contribution in [0.15, 0.2) is 110 Å². The Bertz CT molecular complexity index is 1550. The van der Waals surface area contributed by atoms with Gasteiger partial charge < -0.3 is 0 Å². The Kier molecular flexibility index (Phi) is 11.4. The summed E-state index contributed by atoms with van der Waals surface area (Å²) in [7, 11) is 0. The predicted octanol–water partition coefficient (Wildman–Crippen LogP) is 12.8. The second-order valence-corrected chi connectivity index (χ2v) is 13.0. The summed E-state index contributed by atoms with van der Waals surface area (Å²) in [4.78, 5) is 0. The van der Waals surface area contributed by atoms with E-state index >= 15 is 0 Å². The molecule has 43 heavy (non-hydrogen) atoms. The van der Waals surface area contributed by atoms with Gasteiger partial charge in [0, 0.05) is 0 Å². The van der Waals surface area contributed by atoms with Crippen molar-refractivity contribution >= 4 is 28.0 Å². The van der Waals surface area contributed by atoms with E-state index in [0.717, 1.165) is 18.4 Å². The Hall–Kier alpha value is -3.64. The summed E-state index contributed by atoms with van der Waals surface area (Å²) >= 11 is 0.